The van der Waals surface area contributed by atoms with Gasteiger partial charge in [0, 0.05) is 13.2 Å². The van der Waals surface area contributed by atoms with Crippen LogP contribution >= 0.6 is 0 Å². The number of hydrogen-bond acceptors (Lipinski definition) is 3. The van der Waals surface area contributed by atoms with Gasteiger partial charge in [0.05, 0.1) is 23.3 Å². The fourth-order valence-corrected chi connectivity index (χ4v) is 4.98. The monoisotopic (exact) mass is 348 g/mol. The first-order chi connectivity index (χ1) is 12.7. The van der Waals surface area contributed by atoms with Gasteiger partial charge in [-0.15, -0.1) is 0 Å². The smallest absolute Gasteiger partial charge is 0.0991 e. The van der Waals surface area contributed by atoms with E-state index >= 15 is 0 Å². The van der Waals surface area contributed by atoms with Crippen LogP contribution in [-0.2, 0) is 4.74 Å². The van der Waals surface area contributed by atoms with Crippen LogP contribution in [0.4, 0.5) is 0 Å². The third kappa shape index (κ3) is 4.17. The zero-order chi connectivity index (χ0) is 18.4. The van der Waals surface area contributed by atoms with Crippen molar-refractivity contribution in [3.8, 4) is 12.1 Å². The molecular weight excluding hydrogens is 320 g/mol. The van der Waals surface area contributed by atoms with E-state index in [9.17, 15) is 0 Å². The van der Waals surface area contributed by atoms with Crippen molar-refractivity contribution in [1.82, 2.24) is 0 Å². The number of nitriles is 2. The van der Waals surface area contributed by atoms with Gasteiger partial charge < -0.3 is 4.74 Å². The zero-order valence-corrected chi connectivity index (χ0v) is 15.7. The summed E-state index contributed by atoms with van der Waals surface area (Å²) in [5.74, 6) is 2.29. The third-order valence-electron chi connectivity index (χ3n) is 6.69. The molecule has 0 unspecified atom stereocenters. The Morgan fingerprint density at radius 2 is 1.58 bits per heavy atom. The molecule has 0 bridgehead atoms. The summed E-state index contributed by atoms with van der Waals surface area (Å²) in [4.78, 5) is 0. The van der Waals surface area contributed by atoms with Crippen molar-refractivity contribution in [1.29, 1.82) is 10.5 Å². The lowest BCUT2D eigenvalue weighted by Gasteiger charge is -2.41. The molecule has 0 aromatic heterocycles. The maximum absolute atomic E-state index is 8.94. The second kappa shape index (κ2) is 8.52. The van der Waals surface area contributed by atoms with E-state index in [0.29, 0.717) is 5.92 Å². The van der Waals surface area contributed by atoms with Crippen molar-refractivity contribution in [2.45, 2.75) is 62.9 Å². The first kappa shape index (κ1) is 18.7. The summed E-state index contributed by atoms with van der Waals surface area (Å²) in [6.07, 6.45) is 13.1. The Morgan fingerprint density at radius 3 is 2.12 bits per heavy atom. The van der Waals surface area contributed by atoms with Crippen LogP contribution in [0.25, 0.3) is 0 Å². The molecule has 1 aromatic carbocycles. The average Bonchev–Trinajstić information content (AvgIpc) is 2.73. The molecule has 0 spiro atoms. The van der Waals surface area contributed by atoms with Crippen molar-refractivity contribution in [3.63, 3.8) is 0 Å². The quantitative estimate of drug-likeness (QED) is 0.676. The van der Waals surface area contributed by atoms with Crippen LogP contribution in [0.3, 0.4) is 0 Å². The molecule has 3 rings (SSSR count). The Balaban J connectivity index is 1.52. The molecule has 0 aliphatic heterocycles. The molecular formula is C23H28N2O. The fourth-order valence-electron chi connectivity index (χ4n) is 4.98. The molecule has 0 N–H and O–H groups in total. The van der Waals surface area contributed by atoms with Crippen LogP contribution in [0.2, 0.25) is 0 Å². The highest BCUT2D eigenvalue weighted by molar-refractivity contribution is 5.33. The van der Waals surface area contributed by atoms with Gasteiger partial charge in [-0.25, -0.2) is 0 Å². The van der Waals surface area contributed by atoms with Gasteiger partial charge >= 0.3 is 0 Å². The van der Waals surface area contributed by atoms with Gasteiger partial charge in [0.15, 0.2) is 0 Å². The molecule has 0 heterocycles. The second-order valence-electron chi connectivity index (χ2n) is 7.91. The largest absolute Gasteiger partial charge is 0.374 e. The molecule has 0 saturated heterocycles. The van der Waals surface area contributed by atoms with Gasteiger partial charge in [0.2, 0.25) is 0 Å². The van der Waals surface area contributed by atoms with Crippen LogP contribution in [0.5, 0.6) is 0 Å². The molecule has 3 heteroatoms. The molecule has 2 aliphatic rings. The molecule has 0 atom stereocenters. The number of rotatable bonds is 4. The second-order valence-corrected chi connectivity index (χ2v) is 7.91. The zero-order valence-electron chi connectivity index (χ0n) is 15.7. The Morgan fingerprint density at radius 1 is 0.962 bits per heavy atom. The fraction of sp³-hybridized carbons (Fsp3) is 0.565. The minimum absolute atomic E-state index is 0.216. The number of hydrogen-bond donors (Lipinski definition) is 0. The maximum atomic E-state index is 8.94. The minimum Gasteiger partial charge on any atom is -0.374 e. The summed E-state index contributed by atoms with van der Waals surface area (Å²) in [6, 6.07) is 12.5. The molecule has 0 radical (unpaired) electrons. The molecule has 26 heavy (non-hydrogen) atoms. The lowest BCUT2D eigenvalue weighted by atomic mass is 9.67. The van der Waals surface area contributed by atoms with E-state index in [4.69, 9.17) is 15.3 Å². The van der Waals surface area contributed by atoms with E-state index < -0.39 is 0 Å². The van der Waals surface area contributed by atoms with Crippen molar-refractivity contribution < 1.29 is 4.74 Å². The highest BCUT2D eigenvalue weighted by atomic mass is 16.5. The summed E-state index contributed by atoms with van der Waals surface area (Å²) in [5, 5.41) is 17.7. The average molecular weight is 348 g/mol. The van der Waals surface area contributed by atoms with Crippen molar-refractivity contribution in [2.24, 2.45) is 11.8 Å². The number of ether oxygens (including phenoxy) is 1. The van der Waals surface area contributed by atoms with Gasteiger partial charge in [-0.3, -0.25) is 0 Å². The van der Waals surface area contributed by atoms with Crippen LogP contribution in [0.1, 0.15) is 68.4 Å². The van der Waals surface area contributed by atoms with E-state index in [1.54, 1.807) is 13.2 Å². The Labute approximate surface area is 157 Å². The lowest BCUT2D eigenvalue weighted by molar-refractivity contribution is -0.0192. The summed E-state index contributed by atoms with van der Waals surface area (Å²) < 4.78 is 5.75. The molecule has 2 aliphatic carbocycles. The van der Waals surface area contributed by atoms with Gasteiger partial charge in [-0.1, -0.05) is 12.1 Å². The van der Waals surface area contributed by atoms with E-state index in [2.05, 4.69) is 24.3 Å². The van der Waals surface area contributed by atoms with Crippen LogP contribution < -0.4 is 0 Å². The van der Waals surface area contributed by atoms with Crippen molar-refractivity contribution >= 4 is 0 Å². The minimum atomic E-state index is -0.216. The molecule has 0 amide bonds. The number of nitrogens with zero attached hydrogens (tertiary/aromatic N) is 2. The third-order valence-corrected chi connectivity index (χ3v) is 6.69. The standard InChI is InChI=1S/C23H28N2O/c1-26-23(13-2-16-24)14-11-22(12-15-23)21-9-7-20(8-10-21)19-5-3-18(17-25)4-6-19/h2-6,13,20-22H,7-12,14-15H2,1H3/t20-,21-,22-,23+. The van der Waals surface area contributed by atoms with Gasteiger partial charge in [-0.2, -0.15) is 10.5 Å². The normalized spacial score (nSPS) is 32.0. The maximum Gasteiger partial charge on any atom is 0.0991 e. The summed E-state index contributed by atoms with van der Waals surface area (Å²) >= 11 is 0. The number of benzene rings is 1. The Hall–Kier alpha value is -2.10. The lowest BCUT2D eigenvalue weighted by Crippen LogP contribution is -2.36. The van der Waals surface area contributed by atoms with Crippen LogP contribution in [0.15, 0.2) is 36.4 Å². The Kier molecular flexibility index (Phi) is 6.12. The molecule has 3 nitrogen and oxygen atoms in total. The van der Waals surface area contributed by atoms with E-state index in [0.717, 1.165) is 30.2 Å². The van der Waals surface area contributed by atoms with Gasteiger partial charge in [0.25, 0.3) is 0 Å². The SMILES string of the molecule is CO[C@]1(C=CC#N)CC[C@H]([C@H]2CC[C@H](c3ccc(C#N)cc3)CC2)CC1. The van der Waals surface area contributed by atoms with E-state index in [1.165, 1.54) is 44.1 Å². The number of allylic oxidation sites excluding steroid dienone is 1. The molecule has 2 fully saturated rings. The highest BCUT2D eigenvalue weighted by Crippen LogP contribution is 2.45. The van der Waals surface area contributed by atoms with Crippen molar-refractivity contribution in [3.05, 3.63) is 47.5 Å². The molecule has 1 aromatic rings. The van der Waals surface area contributed by atoms with E-state index in [1.807, 2.05) is 18.2 Å². The van der Waals surface area contributed by atoms with E-state index in [-0.39, 0.29) is 5.60 Å². The van der Waals surface area contributed by atoms with Crippen molar-refractivity contribution in [2.75, 3.05) is 7.11 Å². The molecule has 2 saturated carbocycles. The topological polar surface area (TPSA) is 56.8 Å². The Bertz CT molecular complexity index is 691. The highest BCUT2D eigenvalue weighted by Gasteiger charge is 2.37. The predicted molar refractivity (Wildman–Crippen MR) is 102 cm³/mol. The first-order valence-corrected chi connectivity index (χ1v) is 9.82. The van der Waals surface area contributed by atoms with Gasteiger partial charge in [0.1, 0.15) is 0 Å². The predicted octanol–water partition coefficient (Wildman–Crippen LogP) is 5.49. The summed E-state index contributed by atoms with van der Waals surface area (Å²) in [6.45, 7) is 0. The summed E-state index contributed by atoms with van der Waals surface area (Å²) in [7, 11) is 1.77. The number of methoxy groups -OCH3 is 1. The first-order valence-electron chi connectivity index (χ1n) is 9.82. The molecule has 136 valence electrons. The van der Waals surface area contributed by atoms with Crippen LogP contribution in [-0.4, -0.2) is 12.7 Å². The van der Waals surface area contributed by atoms with Crippen LogP contribution in [0, 0.1) is 34.5 Å². The van der Waals surface area contributed by atoms with Gasteiger partial charge in [-0.05, 0) is 92.9 Å². The summed E-state index contributed by atoms with van der Waals surface area (Å²) in [5.41, 5.74) is 1.93.